The summed E-state index contributed by atoms with van der Waals surface area (Å²) in [5.74, 6) is 1.07. The molecule has 204 valence electrons. The highest BCUT2D eigenvalue weighted by molar-refractivity contribution is 7.90. The van der Waals surface area contributed by atoms with Crippen molar-refractivity contribution in [2.24, 2.45) is 5.73 Å². The van der Waals surface area contributed by atoms with E-state index in [1.165, 1.54) is 6.26 Å². The molecule has 4 heterocycles. The number of carbonyl (C=O) groups is 1. The van der Waals surface area contributed by atoms with Crippen LogP contribution in [0.1, 0.15) is 75.0 Å². The molecule has 4 atom stereocenters. The van der Waals surface area contributed by atoms with E-state index in [2.05, 4.69) is 15.3 Å². The molecule has 0 fully saturated rings. The molecule has 38 heavy (non-hydrogen) atoms. The fraction of sp³-hybridized carbons (Fsp3) is 0.481. The number of sulfone groups is 1. The normalized spacial score (nSPS) is 19.8. The van der Waals surface area contributed by atoms with Crippen LogP contribution in [0.5, 0.6) is 5.88 Å². The highest BCUT2D eigenvalue weighted by Gasteiger charge is 2.31. The van der Waals surface area contributed by atoms with Crippen LogP contribution in [0.2, 0.25) is 0 Å². The Morgan fingerprint density at radius 3 is 2.61 bits per heavy atom. The van der Waals surface area contributed by atoms with Gasteiger partial charge in [0.05, 0.1) is 28.5 Å². The van der Waals surface area contributed by atoms with Gasteiger partial charge in [-0.25, -0.2) is 28.2 Å². The molecule has 0 radical (unpaired) electrons. The van der Waals surface area contributed by atoms with E-state index in [0.717, 1.165) is 10.9 Å². The summed E-state index contributed by atoms with van der Waals surface area (Å²) in [7, 11) is -3.10. The minimum Gasteiger partial charge on any atom is -0.474 e. The standard InChI is InChI=1S/C27H35N5O5S/c1-7-27(5,28)21-14-30-25(36-15(2)10-11-38(6,34)35)20-13-29-23(12-19(20)21)31-22-9-8-18-24(32-22)16(3)17(4)37-26(18)33/h8-9,12-17H,7,10-11,28H2,1-6H3,(H,29,31,32)/t15-,16+,17-,27?/m1/s1. The summed E-state index contributed by atoms with van der Waals surface area (Å²) in [6.07, 6.45) is 4.97. The van der Waals surface area contributed by atoms with E-state index in [4.69, 9.17) is 20.2 Å². The SMILES string of the molecule is CCC(C)(N)c1cnc(O[C@H](C)CCS(C)(=O)=O)c2cnc(Nc3ccc4c(n3)[C@@H](C)[C@@H](C)OC4=O)cc12. The monoisotopic (exact) mass is 541 g/mol. The van der Waals surface area contributed by atoms with Crippen LogP contribution in [0, 0.1) is 0 Å². The predicted molar refractivity (Wildman–Crippen MR) is 147 cm³/mol. The second kappa shape index (κ2) is 10.5. The summed E-state index contributed by atoms with van der Waals surface area (Å²) in [6.45, 7) is 9.60. The van der Waals surface area contributed by atoms with Crippen LogP contribution >= 0.6 is 0 Å². The fourth-order valence-corrected chi connectivity index (χ4v) is 5.06. The molecule has 11 heteroatoms. The number of nitrogens with two attached hydrogens (primary N) is 1. The Balaban J connectivity index is 1.70. The maximum atomic E-state index is 12.3. The first-order valence-corrected chi connectivity index (χ1v) is 14.8. The van der Waals surface area contributed by atoms with E-state index in [1.54, 1.807) is 24.5 Å². The van der Waals surface area contributed by atoms with Gasteiger partial charge in [0.15, 0.2) is 0 Å². The van der Waals surface area contributed by atoms with Crippen molar-refractivity contribution in [2.75, 3.05) is 17.3 Å². The zero-order chi connectivity index (χ0) is 27.8. The smallest absolute Gasteiger partial charge is 0.340 e. The highest BCUT2D eigenvalue weighted by Crippen LogP contribution is 2.35. The topological polar surface area (TPSA) is 146 Å². The minimum absolute atomic E-state index is 0.0239. The summed E-state index contributed by atoms with van der Waals surface area (Å²) >= 11 is 0. The molecule has 0 saturated carbocycles. The van der Waals surface area contributed by atoms with Crippen LogP contribution in [0.25, 0.3) is 10.8 Å². The Labute approximate surface area is 223 Å². The number of pyridine rings is 3. The van der Waals surface area contributed by atoms with Crippen LogP contribution < -0.4 is 15.8 Å². The third kappa shape index (κ3) is 5.88. The van der Waals surface area contributed by atoms with Crippen LogP contribution in [-0.4, -0.2) is 53.6 Å². The van der Waals surface area contributed by atoms with E-state index in [1.807, 2.05) is 40.7 Å². The van der Waals surface area contributed by atoms with Crippen molar-refractivity contribution < 1.29 is 22.7 Å². The van der Waals surface area contributed by atoms with Crippen LogP contribution in [-0.2, 0) is 20.1 Å². The molecule has 3 aromatic rings. The average molecular weight is 542 g/mol. The lowest BCUT2D eigenvalue weighted by Gasteiger charge is -2.27. The molecule has 3 N–H and O–H groups in total. The second-order valence-electron chi connectivity index (χ2n) is 10.4. The number of anilines is 2. The van der Waals surface area contributed by atoms with Crippen molar-refractivity contribution in [1.29, 1.82) is 0 Å². The number of hydrogen-bond acceptors (Lipinski definition) is 10. The lowest BCUT2D eigenvalue weighted by molar-refractivity contribution is 0.0235. The van der Waals surface area contributed by atoms with Gasteiger partial charge in [-0.3, -0.25) is 0 Å². The first-order valence-electron chi connectivity index (χ1n) is 12.7. The van der Waals surface area contributed by atoms with Crippen LogP contribution in [0.15, 0.2) is 30.6 Å². The van der Waals surface area contributed by atoms with Crippen LogP contribution in [0.4, 0.5) is 11.6 Å². The number of nitrogens with one attached hydrogen (secondary N) is 1. The van der Waals surface area contributed by atoms with E-state index < -0.39 is 15.4 Å². The number of esters is 1. The number of carbonyl (C=O) groups excluding carboxylic acids is 1. The minimum atomic E-state index is -3.10. The Hall–Kier alpha value is -3.31. The van der Waals surface area contributed by atoms with Gasteiger partial charge in [0, 0.05) is 30.1 Å². The highest BCUT2D eigenvalue weighted by atomic mass is 32.2. The molecule has 10 nitrogen and oxygen atoms in total. The third-order valence-electron chi connectivity index (χ3n) is 7.12. The first kappa shape index (κ1) is 27.7. The lowest BCUT2D eigenvalue weighted by atomic mass is 9.88. The Morgan fingerprint density at radius 1 is 1.18 bits per heavy atom. The number of ether oxygens (including phenoxy) is 2. The summed E-state index contributed by atoms with van der Waals surface area (Å²) in [5, 5.41) is 4.74. The van der Waals surface area contributed by atoms with E-state index in [9.17, 15) is 13.2 Å². The number of fused-ring (bicyclic) bond motifs is 2. The maximum absolute atomic E-state index is 12.3. The third-order valence-corrected chi connectivity index (χ3v) is 8.10. The van der Waals surface area contributed by atoms with Gasteiger partial charge in [0.25, 0.3) is 0 Å². The van der Waals surface area contributed by atoms with Gasteiger partial charge < -0.3 is 20.5 Å². The van der Waals surface area contributed by atoms with Crippen LogP contribution in [0.3, 0.4) is 0 Å². The van der Waals surface area contributed by atoms with E-state index in [-0.39, 0.29) is 29.8 Å². The van der Waals surface area contributed by atoms with Gasteiger partial charge in [-0.15, -0.1) is 0 Å². The Morgan fingerprint density at radius 2 is 1.92 bits per heavy atom. The second-order valence-corrected chi connectivity index (χ2v) is 12.6. The number of nitrogens with zero attached hydrogens (tertiary/aromatic N) is 3. The Bertz CT molecular complexity index is 1470. The molecule has 1 aliphatic rings. The molecule has 0 amide bonds. The van der Waals surface area contributed by atoms with Gasteiger partial charge in [-0.05, 0) is 62.8 Å². The van der Waals surface area contributed by atoms with Crippen molar-refractivity contribution >= 4 is 38.2 Å². The number of hydrogen-bond donors (Lipinski definition) is 2. The molecular weight excluding hydrogens is 506 g/mol. The van der Waals surface area contributed by atoms with Crippen molar-refractivity contribution in [3.63, 3.8) is 0 Å². The number of rotatable bonds is 9. The zero-order valence-corrected chi connectivity index (χ0v) is 23.4. The van der Waals surface area contributed by atoms with Gasteiger partial charge in [-0.2, -0.15) is 0 Å². The first-order chi connectivity index (χ1) is 17.8. The predicted octanol–water partition coefficient (Wildman–Crippen LogP) is 4.22. The quantitative estimate of drug-likeness (QED) is 0.377. The number of aromatic nitrogens is 3. The van der Waals surface area contributed by atoms with E-state index in [0.29, 0.717) is 47.0 Å². The number of cyclic esters (lactones) is 1. The molecule has 1 aliphatic heterocycles. The van der Waals surface area contributed by atoms with Crippen molar-refractivity contribution in [3.8, 4) is 5.88 Å². The lowest BCUT2D eigenvalue weighted by Crippen LogP contribution is -2.32. The Kier molecular flexibility index (Phi) is 7.62. The molecule has 1 unspecified atom stereocenters. The fourth-order valence-electron chi connectivity index (χ4n) is 4.30. The molecule has 0 aromatic carbocycles. The van der Waals surface area contributed by atoms with Gasteiger partial charge in [-0.1, -0.05) is 13.8 Å². The van der Waals surface area contributed by atoms with Crippen molar-refractivity contribution in [3.05, 3.63) is 47.4 Å². The molecular formula is C27H35N5O5S. The molecule has 3 aromatic heterocycles. The molecule has 0 aliphatic carbocycles. The van der Waals surface area contributed by atoms with Crippen molar-refractivity contribution in [2.45, 2.75) is 71.1 Å². The van der Waals surface area contributed by atoms with Gasteiger partial charge in [0.2, 0.25) is 5.88 Å². The largest absolute Gasteiger partial charge is 0.474 e. The maximum Gasteiger partial charge on any atom is 0.340 e. The molecule has 0 spiro atoms. The zero-order valence-electron chi connectivity index (χ0n) is 22.6. The molecule has 0 saturated heterocycles. The summed E-state index contributed by atoms with van der Waals surface area (Å²) < 4.78 is 34.6. The average Bonchev–Trinajstić information content (AvgIpc) is 2.85. The molecule has 4 rings (SSSR count). The summed E-state index contributed by atoms with van der Waals surface area (Å²) in [5.41, 5.74) is 7.96. The van der Waals surface area contributed by atoms with Gasteiger partial charge >= 0.3 is 5.97 Å². The summed E-state index contributed by atoms with van der Waals surface area (Å²) in [4.78, 5) is 26.0. The van der Waals surface area contributed by atoms with E-state index >= 15 is 0 Å². The van der Waals surface area contributed by atoms with Gasteiger partial charge in [0.1, 0.15) is 27.6 Å². The van der Waals surface area contributed by atoms with Crippen molar-refractivity contribution in [1.82, 2.24) is 15.0 Å². The molecule has 0 bridgehead atoms. The summed E-state index contributed by atoms with van der Waals surface area (Å²) in [6, 6.07) is 5.31.